The maximum Gasteiger partial charge on any atom is 0.416 e. The van der Waals surface area contributed by atoms with Crippen LogP contribution in [0.15, 0.2) is 29.2 Å². The van der Waals surface area contributed by atoms with Gasteiger partial charge in [-0.05, 0) is 24.7 Å². The van der Waals surface area contributed by atoms with Crippen molar-refractivity contribution in [3.05, 3.63) is 29.8 Å². The van der Waals surface area contributed by atoms with Crippen molar-refractivity contribution in [3.63, 3.8) is 0 Å². The van der Waals surface area contributed by atoms with E-state index in [1.54, 1.807) is 6.92 Å². The molecule has 20 heavy (non-hydrogen) atoms. The van der Waals surface area contributed by atoms with Gasteiger partial charge in [0.1, 0.15) is 0 Å². The highest BCUT2D eigenvalue weighted by Crippen LogP contribution is 2.30. The van der Waals surface area contributed by atoms with E-state index in [0.29, 0.717) is 12.6 Å². The number of nitrogens with one attached hydrogen (secondary N) is 1. The second-order valence-electron chi connectivity index (χ2n) is 4.27. The normalized spacial score (nSPS) is 14.2. The van der Waals surface area contributed by atoms with Crippen LogP contribution >= 0.6 is 0 Å². The Morgan fingerprint density at radius 3 is 2.55 bits per heavy atom. The summed E-state index contributed by atoms with van der Waals surface area (Å²) < 4.78 is 61.5. The summed E-state index contributed by atoms with van der Waals surface area (Å²) in [5.41, 5.74) is -1.03. The SMILES string of the molecule is CCNCC(O)CS(=O)(=O)c1cccc(C(F)(F)F)c1. The molecule has 1 unspecified atom stereocenters. The maximum atomic E-state index is 12.5. The van der Waals surface area contributed by atoms with Gasteiger partial charge in [-0.2, -0.15) is 13.2 Å². The largest absolute Gasteiger partial charge is 0.416 e. The first kappa shape index (κ1) is 16.9. The van der Waals surface area contributed by atoms with Crippen LogP contribution in [0.4, 0.5) is 13.2 Å². The Kier molecular flexibility index (Phi) is 5.55. The lowest BCUT2D eigenvalue weighted by Crippen LogP contribution is -2.32. The third kappa shape index (κ3) is 4.77. The first-order chi connectivity index (χ1) is 9.16. The zero-order valence-electron chi connectivity index (χ0n) is 10.8. The van der Waals surface area contributed by atoms with Crippen LogP contribution in [0.25, 0.3) is 0 Å². The average Bonchev–Trinajstić information content (AvgIpc) is 2.35. The van der Waals surface area contributed by atoms with Gasteiger partial charge in [0.15, 0.2) is 9.84 Å². The summed E-state index contributed by atoms with van der Waals surface area (Å²) in [6, 6.07) is 3.50. The molecule has 1 rings (SSSR count). The number of aliphatic hydroxyl groups is 1. The minimum absolute atomic E-state index is 0.0642. The van der Waals surface area contributed by atoms with Gasteiger partial charge in [-0.25, -0.2) is 8.42 Å². The minimum Gasteiger partial charge on any atom is -0.391 e. The smallest absolute Gasteiger partial charge is 0.391 e. The van der Waals surface area contributed by atoms with Gasteiger partial charge < -0.3 is 10.4 Å². The van der Waals surface area contributed by atoms with Gasteiger partial charge in [-0.15, -0.1) is 0 Å². The number of benzene rings is 1. The van der Waals surface area contributed by atoms with Crippen molar-refractivity contribution in [1.29, 1.82) is 0 Å². The number of aliphatic hydroxyl groups excluding tert-OH is 1. The Morgan fingerprint density at radius 1 is 1.35 bits per heavy atom. The highest BCUT2D eigenvalue weighted by atomic mass is 32.2. The first-order valence-electron chi connectivity index (χ1n) is 5.95. The number of rotatable bonds is 6. The second-order valence-corrected chi connectivity index (χ2v) is 6.30. The zero-order chi connectivity index (χ0) is 15.4. The molecule has 0 amide bonds. The van der Waals surface area contributed by atoms with Crippen molar-refractivity contribution in [1.82, 2.24) is 5.32 Å². The fourth-order valence-electron chi connectivity index (χ4n) is 1.59. The van der Waals surface area contributed by atoms with Gasteiger partial charge in [-0.3, -0.25) is 0 Å². The molecule has 0 spiro atoms. The lowest BCUT2D eigenvalue weighted by Gasteiger charge is -2.13. The Balaban J connectivity index is 2.93. The molecule has 2 N–H and O–H groups in total. The van der Waals surface area contributed by atoms with Crippen LogP contribution in [-0.2, 0) is 16.0 Å². The fourth-order valence-corrected chi connectivity index (χ4v) is 2.99. The van der Waals surface area contributed by atoms with E-state index in [0.717, 1.165) is 18.2 Å². The molecule has 8 heteroatoms. The minimum atomic E-state index is -4.60. The summed E-state index contributed by atoms with van der Waals surface area (Å²) in [5.74, 6) is -0.624. The number of alkyl halides is 3. The van der Waals surface area contributed by atoms with Crippen molar-refractivity contribution in [2.24, 2.45) is 0 Å². The van der Waals surface area contributed by atoms with Crippen molar-refractivity contribution in [2.45, 2.75) is 24.1 Å². The Morgan fingerprint density at radius 2 is 2.00 bits per heavy atom. The molecule has 0 aromatic heterocycles. The molecule has 114 valence electrons. The Bertz CT molecular complexity index is 543. The summed E-state index contributed by atoms with van der Waals surface area (Å²) >= 11 is 0. The Hall–Kier alpha value is -1.12. The highest BCUT2D eigenvalue weighted by molar-refractivity contribution is 7.91. The second kappa shape index (κ2) is 6.55. The zero-order valence-corrected chi connectivity index (χ0v) is 11.6. The van der Waals surface area contributed by atoms with Gasteiger partial charge in [0.25, 0.3) is 0 Å². The van der Waals surface area contributed by atoms with E-state index in [9.17, 15) is 26.7 Å². The molecule has 1 aromatic carbocycles. The lowest BCUT2D eigenvalue weighted by molar-refractivity contribution is -0.137. The summed E-state index contributed by atoms with van der Waals surface area (Å²) in [6.45, 7) is 2.41. The van der Waals surface area contributed by atoms with Gasteiger partial charge in [0.05, 0.1) is 22.3 Å². The molecule has 0 bridgehead atoms. The van der Waals surface area contributed by atoms with E-state index in [1.165, 1.54) is 0 Å². The van der Waals surface area contributed by atoms with Crippen LogP contribution in [0.5, 0.6) is 0 Å². The third-order valence-corrected chi connectivity index (χ3v) is 4.36. The molecular weight excluding hydrogens is 295 g/mol. The molecule has 0 saturated heterocycles. The molecule has 0 radical (unpaired) electrons. The molecule has 0 aliphatic heterocycles. The van der Waals surface area contributed by atoms with E-state index >= 15 is 0 Å². The summed E-state index contributed by atoms with van der Waals surface area (Å²) in [7, 11) is -3.96. The van der Waals surface area contributed by atoms with E-state index in [4.69, 9.17) is 0 Å². The van der Waals surface area contributed by atoms with E-state index in [2.05, 4.69) is 5.32 Å². The molecular formula is C12H16F3NO3S. The van der Waals surface area contributed by atoms with Crippen LogP contribution in [0.3, 0.4) is 0 Å². The van der Waals surface area contributed by atoms with Crippen LogP contribution in [0.1, 0.15) is 12.5 Å². The highest BCUT2D eigenvalue weighted by Gasteiger charge is 2.32. The number of hydrogen-bond donors (Lipinski definition) is 2. The van der Waals surface area contributed by atoms with Crippen molar-refractivity contribution >= 4 is 9.84 Å². The van der Waals surface area contributed by atoms with Gasteiger partial charge >= 0.3 is 6.18 Å². The predicted octanol–water partition coefficient (Wildman–Crippen LogP) is 1.45. The molecule has 1 aromatic rings. The molecule has 0 heterocycles. The molecule has 4 nitrogen and oxygen atoms in total. The van der Waals surface area contributed by atoms with Gasteiger partial charge in [0.2, 0.25) is 0 Å². The van der Waals surface area contributed by atoms with Crippen LogP contribution in [-0.4, -0.2) is 38.5 Å². The molecule has 0 aliphatic rings. The third-order valence-electron chi connectivity index (χ3n) is 2.56. The monoisotopic (exact) mass is 311 g/mol. The molecule has 0 fully saturated rings. The number of sulfone groups is 1. The van der Waals surface area contributed by atoms with Crippen LogP contribution in [0.2, 0.25) is 0 Å². The van der Waals surface area contributed by atoms with Crippen molar-refractivity contribution in [3.8, 4) is 0 Å². The first-order valence-corrected chi connectivity index (χ1v) is 7.61. The lowest BCUT2D eigenvalue weighted by atomic mass is 10.2. The van der Waals surface area contributed by atoms with Crippen LogP contribution in [0, 0.1) is 0 Å². The standard InChI is InChI=1S/C12H16F3NO3S/c1-2-16-7-10(17)8-20(18,19)11-5-3-4-9(6-11)12(13,14)15/h3-6,10,16-17H,2,7-8H2,1H3. The summed E-state index contributed by atoms with van der Waals surface area (Å²) in [5, 5.41) is 12.3. The van der Waals surface area contributed by atoms with E-state index in [-0.39, 0.29) is 6.54 Å². The molecule has 1 atom stereocenters. The van der Waals surface area contributed by atoms with Gasteiger partial charge in [0, 0.05) is 6.54 Å². The van der Waals surface area contributed by atoms with E-state index in [1.807, 2.05) is 0 Å². The van der Waals surface area contributed by atoms with Crippen molar-refractivity contribution < 1.29 is 26.7 Å². The maximum absolute atomic E-state index is 12.5. The predicted molar refractivity (Wildman–Crippen MR) is 68.0 cm³/mol. The van der Waals surface area contributed by atoms with E-state index < -0.39 is 38.3 Å². The van der Waals surface area contributed by atoms with Crippen molar-refractivity contribution in [2.75, 3.05) is 18.8 Å². The Labute approximate surface area is 115 Å². The molecule has 0 aliphatic carbocycles. The average molecular weight is 311 g/mol. The summed E-state index contributed by atoms with van der Waals surface area (Å²) in [4.78, 5) is -0.442. The topological polar surface area (TPSA) is 66.4 Å². The van der Waals surface area contributed by atoms with Gasteiger partial charge in [-0.1, -0.05) is 13.0 Å². The summed E-state index contributed by atoms with van der Waals surface area (Å²) in [6.07, 6.45) is -5.78. The number of hydrogen-bond acceptors (Lipinski definition) is 4. The number of halogens is 3. The number of likely N-dealkylation sites (N-methyl/N-ethyl adjacent to an activating group) is 1. The molecule has 0 saturated carbocycles. The quantitative estimate of drug-likeness (QED) is 0.834. The fraction of sp³-hybridized carbons (Fsp3) is 0.500. The van der Waals surface area contributed by atoms with Crippen LogP contribution < -0.4 is 5.32 Å².